The van der Waals surface area contributed by atoms with E-state index < -0.39 is 12.0 Å². The highest BCUT2D eigenvalue weighted by molar-refractivity contribution is 5.81. The molecule has 0 radical (unpaired) electrons. The first kappa shape index (κ1) is 27.1. The molecule has 0 saturated carbocycles. The van der Waals surface area contributed by atoms with Crippen LogP contribution in [0.3, 0.4) is 0 Å². The third kappa shape index (κ3) is 6.30. The van der Waals surface area contributed by atoms with Crippen molar-refractivity contribution in [3.05, 3.63) is 51.9 Å². The number of nitrogens with zero attached hydrogens (tertiary/aromatic N) is 3. The predicted octanol–water partition coefficient (Wildman–Crippen LogP) is 4.02. The number of fused-ring (bicyclic) bond motifs is 1. The second kappa shape index (κ2) is 11.6. The lowest BCUT2D eigenvalue weighted by Crippen LogP contribution is -2.30. The van der Waals surface area contributed by atoms with E-state index >= 15 is 0 Å². The van der Waals surface area contributed by atoms with E-state index in [1.807, 2.05) is 33.0 Å². The van der Waals surface area contributed by atoms with Crippen LogP contribution in [0.5, 0.6) is 0 Å². The van der Waals surface area contributed by atoms with Crippen LogP contribution in [-0.2, 0) is 34.3 Å². The molecule has 0 unspecified atom stereocenters. The highest BCUT2D eigenvalue weighted by atomic mass is 16.5. The number of carbonyl (C=O) groups is 1. The fourth-order valence-electron chi connectivity index (χ4n) is 5.12. The molecule has 1 aliphatic rings. The van der Waals surface area contributed by atoms with Gasteiger partial charge in [0.15, 0.2) is 0 Å². The average molecular weight is 510 g/mol. The van der Waals surface area contributed by atoms with E-state index in [9.17, 15) is 14.7 Å². The summed E-state index contributed by atoms with van der Waals surface area (Å²) in [6.45, 7) is 9.48. The Hall–Kier alpha value is -2.97. The number of carbonyl (C=O) groups excluding carboxylic acids is 1. The largest absolute Gasteiger partial charge is 0.463 e. The minimum atomic E-state index is -0.784. The highest BCUT2D eigenvalue weighted by Crippen LogP contribution is 2.29. The zero-order chi connectivity index (χ0) is 26.7. The molecule has 200 valence electrons. The molecule has 4 rings (SSSR count). The van der Waals surface area contributed by atoms with Crippen LogP contribution in [0.2, 0.25) is 0 Å². The van der Waals surface area contributed by atoms with E-state index in [1.165, 1.54) is 0 Å². The maximum Gasteiger partial charge on any atom is 0.311 e. The number of aromatic nitrogens is 3. The molecular formula is C29H39N3O5. The fraction of sp³-hybridized carbons (Fsp3) is 0.552. The van der Waals surface area contributed by atoms with Crippen LogP contribution < -0.4 is 5.56 Å². The first-order valence-electron chi connectivity index (χ1n) is 13.3. The molecule has 0 aliphatic carbocycles. The van der Waals surface area contributed by atoms with Gasteiger partial charge in [-0.1, -0.05) is 6.07 Å². The normalized spacial score (nSPS) is 16.3. The number of hydrogen-bond acceptors (Lipinski definition) is 6. The lowest BCUT2D eigenvalue weighted by molar-refractivity contribution is -0.156. The predicted molar refractivity (Wildman–Crippen MR) is 143 cm³/mol. The Morgan fingerprint density at radius 2 is 1.95 bits per heavy atom. The van der Waals surface area contributed by atoms with Crippen molar-refractivity contribution in [1.82, 2.24) is 14.1 Å². The summed E-state index contributed by atoms with van der Waals surface area (Å²) in [5.74, 6) is 0.407. The monoisotopic (exact) mass is 509 g/mol. The number of aryl methyl sites for hydroxylation is 3. The standard InChI is InChI=1S/C29H39N3O5/c1-18(2)37-29(35)24(20(4)33)8-6-21-7-9-26-25(15-21)30-27(23-14-19(3)28(34)31(5)17-23)32(26)16-22-10-12-36-13-11-22/h7,9,14-15,17-18,20,22,24,33H,6,8,10-13,16H2,1-5H3/t20-,24-/m0/s1. The molecule has 0 bridgehead atoms. The Morgan fingerprint density at radius 3 is 2.59 bits per heavy atom. The molecule has 0 amide bonds. The summed E-state index contributed by atoms with van der Waals surface area (Å²) in [6.07, 6.45) is 3.99. The van der Waals surface area contributed by atoms with E-state index in [0.717, 1.165) is 60.6 Å². The van der Waals surface area contributed by atoms with Crippen LogP contribution in [0.25, 0.3) is 22.4 Å². The number of ether oxygens (including phenoxy) is 2. The van der Waals surface area contributed by atoms with E-state index in [-0.39, 0.29) is 17.6 Å². The van der Waals surface area contributed by atoms with Crippen LogP contribution in [0.4, 0.5) is 0 Å². The van der Waals surface area contributed by atoms with Gasteiger partial charge in [0.2, 0.25) is 0 Å². The molecule has 1 aliphatic heterocycles. The number of imidazole rings is 1. The summed E-state index contributed by atoms with van der Waals surface area (Å²) in [6, 6.07) is 8.16. The van der Waals surface area contributed by atoms with Crippen molar-refractivity contribution in [1.29, 1.82) is 0 Å². The van der Waals surface area contributed by atoms with Crippen molar-refractivity contribution in [2.75, 3.05) is 13.2 Å². The molecule has 1 aromatic carbocycles. The average Bonchev–Trinajstić information content (AvgIpc) is 3.19. The topological polar surface area (TPSA) is 95.6 Å². The van der Waals surface area contributed by atoms with Gasteiger partial charge < -0.3 is 23.7 Å². The summed E-state index contributed by atoms with van der Waals surface area (Å²) in [5.41, 5.74) is 4.56. The first-order valence-corrected chi connectivity index (χ1v) is 13.3. The van der Waals surface area contributed by atoms with Crippen molar-refractivity contribution in [2.24, 2.45) is 18.9 Å². The maximum atomic E-state index is 12.5. The van der Waals surface area contributed by atoms with Gasteiger partial charge in [-0.25, -0.2) is 4.98 Å². The van der Waals surface area contributed by atoms with Crippen molar-refractivity contribution in [3.63, 3.8) is 0 Å². The SMILES string of the molecule is Cc1cc(-c2nc3cc(CC[C@H](C(=O)OC(C)C)[C@H](C)O)ccc3n2CC2CCOCC2)cn(C)c1=O. The van der Waals surface area contributed by atoms with E-state index in [4.69, 9.17) is 14.5 Å². The Bertz CT molecular complexity index is 1270. The molecule has 2 aromatic heterocycles. The Labute approximate surface area is 218 Å². The van der Waals surface area contributed by atoms with Gasteiger partial charge in [0.1, 0.15) is 5.82 Å². The summed E-state index contributed by atoms with van der Waals surface area (Å²) in [4.78, 5) is 29.8. The van der Waals surface area contributed by atoms with Crippen molar-refractivity contribution < 1.29 is 19.4 Å². The van der Waals surface area contributed by atoms with Crippen molar-refractivity contribution in [2.45, 2.75) is 72.1 Å². The maximum absolute atomic E-state index is 12.5. The number of benzene rings is 1. The minimum absolute atomic E-state index is 0.0122. The summed E-state index contributed by atoms with van der Waals surface area (Å²) in [7, 11) is 1.77. The molecule has 1 N–H and O–H groups in total. The molecule has 2 atom stereocenters. The zero-order valence-electron chi connectivity index (χ0n) is 22.6. The van der Waals surface area contributed by atoms with Crippen molar-refractivity contribution >= 4 is 17.0 Å². The molecule has 1 saturated heterocycles. The number of aliphatic hydroxyl groups excluding tert-OH is 1. The third-order valence-electron chi connectivity index (χ3n) is 7.20. The molecule has 3 aromatic rings. The van der Waals surface area contributed by atoms with Gasteiger partial charge in [-0.05, 0) is 83.1 Å². The number of aliphatic hydroxyl groups is 1. The fourth-order valence-corrected chi connectivity index (χ4v) is 5.12. The Morgan fingerprint density at radius 1 is 1.22 bits per heavy atom. The van der Waals surface area contributed by atoms with Gasteiger partial charge in [-0.15, -0.1) is 0 Å². The van der Waals surface area contributed by atoms with E-state index in [2.05, 4.69) is 22.8 Å². The molecule has 0 spiro atoms. The van der Waals surface area contributed by atoms with E-state index in [0.29, 0.717) is 24.3 Å². The second-order valence-electron chi connectivity index (χ2n) is 10.6. The zero-order valence-corrected chi connectivity index (χ0v) is 22.6. The summed E-state index contributed by atoms with van der Waals surface area (Å²) >= 11 is 0. The van der Waals surface area contributed by atoms with Gasteiger partial charge in [-0.3, -0.25) is 9.59 Å². The molecule has 8 heteroatoms. The molecule has 1 fully saturated rings. The molecule has 3 heterocycles. The van der Waals surface area contributed by atoms with Gasteiger partial charge in [0, 0.05) is 44.1 Å². The molecule has 8 nitrogen and oxygen atoms in total. The number of pyridine rings is 1. The van der Waals surface area contributed by atoms with Gasteiger partial charge in [0.05, 0.1) is 29.2 Å². The Balaban J connectivity index is 1.67. The number of esters is 1. The minimum Gasteiger partial charge on any atom is -0.463 e. The molecule has 37 heavy (non-hydrogen) atoms. The van der Waals surface area contributed by atoms with Crippen LogP contribution in [0.15, 0.2) is 35.3 Å². The molecular weight excluding hydrogens is 470 g/mol. The van der Waals surface area contributed by atoms with Crippen LogP contribution in [0, 0.1) is 18.8 Å². The lowest BCUT2D eigenvalue weighted by atomic mass is 9.95. The van der Waals surface area contributed by atoms with Gasteiger partial charge in [-0.2, -0.15) is 0 Å². The second-order valence-corrected chi connectivity index (χ2v) is 10.6. The lowest BCUT2D eigenvalue weighted by Gasteiger charge is -2.23. The van der Waals surface area contributed by atoms with Gasteiger partial charge >= 0.3 is 5.97 Å². The quantitative estimate of drug-likeness (QED) is 0.438. The summed E-state index contributed by atoms with van der Waals surface area (Å²) < 4.78 is 14.8. The smallest absolute Gasteiger partial charge is 0.311 e. The Kier molecular flexibility index (Phi) is 8.49. The van der Waals surface area contributed by atoms with Crippen molar-refractivity contribution in [3.8, 4) is 11.4 Å². The van der Waals surface area contributed by atoms with Crippen LogP contribution in [0.1, 0.15) is 51.2 Å². The third-order valence-corrected chi connectivity index (χ3v) is 7.20. The van der Waals surface area contributed by atoms with Crippen LogP contribution >= 0.6 is 0 Å². The first-order chi connectivity index (χ1) is 17.6. The van der Waals surface area contributed by atoms with Crippen LogP contribution in [-0.4, -0.2) is 50.6 Å². The highest BCUT2D eigenvalue weighted by Gasteiger charge is 2.26. The number of hydrogen-bond donors (Lipinski definition) is 1. The van der Waals surface area contributed by atoms with Gasteiger partial charge in [0.25, 0.3) is 5.56 Å². The number of rotatable bonds is 9. The van der Waals surface area contributed by atoms with E-state index in [1.54, 1.807) is 18.5 Å². The summed E-state index contributed by atoms with van der Waals surface area (Å²) in [5, 5.41) is 10.2.